The third-order valence-electron chi connectivity index (χ3n) is 2.06. The van der Waals surface area contributed by atoms with Crippen molar-refractivity contribution in [3.8, 4) is 0 Å². The summed E-state index contributed by atoms with van der Waals surface area (Å²) in [6, 6.07) is 3.46. The van der Waals surface area contributed by atoms with E-state index in [-0.39, 0.29) is 17.2 Å². The third-order valence-corrected chi connectivity index (χ3v) is 3.14. The van der Waals surface area contributed by atoms with Crippen molar-refractivity contribution < 1.29 is 14.3 Å². The minimum Gasteiger partial charge on any atom is -0.462 e. The molecular formula is C11H8N2O3S. The van der Waals surface area contributed by atoms with Crippen LogP contribution in [0.1, 0.15) is 16.6 Å². The van der Waals surface area contributed by atoms with Crippen LogP contribution in [0.5, 0.6) is 0 Å². The molecule has 0 aliphatic heterocycles. The minimum absolute atomic E-state index is 0.269. The molecular weight excluding hydrogens is 240 g/mol. The zero-order valence-electron chi connectivity index (χ0n) is 8.97. The van der Waals surface area contributed by atoms with Crippen LogP contribution < -0.4 is 0 Å². The number of carbonyl (C=O) groups excluding carboxylic acids is 2. The maximum Gasteiger partial charge on any atom is 0.350 e. The summed E-state index contributed by atoms with van der Waals surface area (Å²) in [4.78, 5) is 30.7. The average Bonchev–Trinajstić information content (AvgIpc) is 2.70. The SMILES string of the molecule is CCOC(=O)c1sc2ncccc2c1N=C=O. The molecule has 0 aromatic carbocycles. The number of carbonyl (C=O) groups is 1. The van der Waals surface area contributed by atoms with Gasteiger partial charge in [-0.2, -0.15) is 4.99 Å². The number of fused-ring (bicyclic) bond motifs is 1. The van der Waals surface area contributed by atoms with Gasteiger partial charge in [-0.1, -0.05) is 0 Å². The van der Waals surface area contributed by atoms with Gasteiger partial charge in [0.2, 0.25) is 6.08 Å². The highest BCUT2D eigenvalue weighted by molar-refractivity contribution is 7.21. The number of hydrogen-bond acceptors (Lipinski definition) is 6. The lowest BCUT2D eigenvalue weighted by Crippen LogP contribution is -2.02. The topological polar surface area (TPSA) is 68.6 Å². The fraction of sp³-hybridized carbons (Fsp3) is 0.182. The number of esters is 1. The van der Waals surface area contributed by atoms with Crippen LogP contribution in [0.25, 0.3) is 10.2 Å². The van der Waals surface area contributed by atoms with Crippen LogP contribution >= 0.6 is 11.3 Å². The van der Waals surface area contributed by atoms with Gasteiger partial charge in [-0.3, -0.25) is 0 Å². The number of isocyanates is 1. The molecule has 0 amide bonds. The predicted molar refractivity (Wildman–Crippen MR) is 63.4 cm³/mol. The van der Waals surface area contributed by atoms with E-state index in [1.54, 1.807) is 25.3 Å². The van der Waals surface area contributed by atoms with Crippen LogP contribution in [0.2, 0.25) is 0 Å². The van der Waals surface area contributed by atoms with Crippen molar-refractivity contribution in [1.29, 1.82) is 0 Å². The standard InChI is InChI=1S/C11H8N2O3S/c1-2-16-11(15)9-8(13-6-14)7-4-3-5-12-10(7)17-9/h3-5H,2H2,1H3. The van der Waals surface area contributed by atoms with E-state index in [1.165, 1.54) is 6.08 Å². The molecule has 0 saturated carbocycles. The summed E-state index contributed by atoms with van der Waals surface area (Å²) in [6.45, 7) is 1.98. The number of aliphatic imine (C=N–C) groups is 1. The van der Waals surface area contributed by atoms with Gasteiger partial charge < -0.3 is 4.74 Å². The number of pyridine rings is 1. The molecule has 0 aliphatic rings. The Morgan fingerprint density at radius 2 is 2.47 bits per heavy atom. The summed E-state index contributed by atoms with van der Waals surface area (Å²) in [6.07, 6.45) is 3.06. The van der Waals surface area contributed by atoms with Crippen molar-refractivity contribution in [2.45, 2.75) is 6.92 Å². The van der Waals surface area contributed by atoms with Gasteiger partial charge >= 0.3 is 5.97 Å². The molecule has 2 heterocycles. The Labute approximate surface area is 101 Å². The lowest BCUT2D eigenvalue weighted by Gasteiger charge is -1.98. The summed E-state index contributed by atoms with van der Waals surface area (Å²) >= 11 is 1.15. The fourth-order valence-electron chi connectivity index (χ4n) is 1.41. The Kier molecular flexibility index (Phi) is 3.27. The van der Waals surface area contributed by atoms with E-state index in [4.69, 9.17) is 4.74 Å². The first-order valence-corrected chi connectivity index (χ1v) is 5.72. The molecule has 0 atom stereocenters. The molecule has 0 saturated heterocycles. The number of thiophene rings is 1. The molecule has 0 radical (unpaired) electrons. The van der Waals surface area contributed by atoms with E-state index in [0.29, 0.717) is 10.2 Å². The third kappa shape index (κ3) is 2.08. The molecule has 6 heteroatoms. The van der Waals surface area contributed by atoms with Crippen molar-refractivity contribution in [3.05, 3.63) is 23.2 Å². The van der Waals surface area contributed by atoms with Crippen molar-refractivity contribution >= 4 is 39.3 Å². The maximum atomic E-state index is 11.7. The average molecular weight is 248 g/mol. The lowest BCUT2D eigenvalue weighted by molar-refractivity contribution is 0.0533. The van der Waals surface area contributed by atoms with Crippen LogP contribution in [0.4, 0.5) is 5.69 Å². The minimum atomic E-state index is -0.496. The van der Waals surface area contributed by atoms with Crippen molar-refractivity contribution in [1.82, 2.24) is 4.98 Å². The van der Waals surface area contributed by atoms with Gasteiger partial charge in [0.05, 0.1) is 6.61 Å². The molecule has 0 fully saturated rings. The first-order chi connectivity index (χ1) is 8.27. The van der Waals surface area contributed by atoms with Crippen LogP contribution in [0.15, 0.2) is 23.3 Å². The van der Waals surface area contributed by atoms with Crippen LogP contribution in [-0.4, -0.2) is 23.6 Å². The van der Waals surface area contributed by atoms with Crippen LogP contribution in [-0.2, 0) is 9.53 Å². The molecule has 86 valence electrons. The first kappa shape index (κ1) is 11.4. The molecule has 2 aromatic rings. The Morgan fingerprint density at radius 1 is 1.65 bits per heavy atom. The predicted octanol–water partition coefficient (Wildman–Crippen LogP) is 2.44. The second kappa shape index (κ2) is 4.86. The van der Waals surface area contributed by atoms with E-state index >= 15 is 0 Å². The van der Waals surface area contributed by atoms with Gasteiger partial charge in [-0.25, -0.2) is 14.6 Å². The van der Waals surface area contributed by atoms with Crippen LogP contribution in [0.3, 0.4) is 0 Å². The molecule has 0 unspecified atom stereocenters. The number of ether oxygens (including phenoxy) is 1. The molecule has 0 bridgehead atoms. The number of aromatic nitrogens is 1. The van der Waals surface area contributed by atoms with Gasteiger partial charge in [-0.05, 0) is 19.1 Å². The Bertz CT molecular complexity index is 614. The zero-order valence-corrected chi connectivity index (χ0v) is 9.78. The van der Waals surface area contributed by atoms with Crippen LogP contribution in [0, 0.1) is 0 Å². The number of hydrogen-bond donors (Lipinski definition) is 0. The lowest BCUT2D eigenvalue weighted by atomic mass is 10.2. The van der Waals surface area contributed by atoms with Crippen molar-refractivity contribution in [2.75, 3.05) is 6.61 Å². The van der Waals surface area contributed by atoms with Gasteiger partial charge in [0.25, 0.3) is 0 Å². The highest BCUT2D eigenvalue weighted by Gasteiger charge is 2.19. The Morgan fingerprint density at radius 3 is 3.18 bits per heavy atom. The van der Waals surface area contributed by atoms with Gasteiger partial charge in [0, 0.05) is 11.6 Å². The Hall–Kier alpha value is -2.04. The summed E-state index contributed by atoms with van der Waals surface area (Å²) in [5.74, 6) is -0.496. The quantitative estimate of drug-likeness (QED) is 0.475. The second-order valence-electron chi connectivity index (χ2n) is 3.06. The zero-order chi connectivity index (χ0) is 12.3. The summed E-state index contributed by atoms with van der Waals surface area (Å²) < 4.78 is 4.90. The molecule has 2 rings (SSSR count). The van der Waals surface area contributed by atoms with Crippen molar-refractivity contribution in [3.63, 3.8) is 0 Å². The molecule has 0 N–H and O–H groups in total. The van der Waals surface area contributed by atoms with E-state index in [9.17, 15) is 9.59 Å². The fourth-order valence-corrected chi connectivity index (χ4v) is 2.39. The van der Waals surface area contributed by atoms with Crippen molar-refractivity contribution in [2.24, 2.45) is 4.99 Å². The normalized spacial score (nSPS) is 9.94. The highest BCUT2D eigenvalue weighted by atomic mass is 32.1. The van der Waals surface area contributed by atoms with Gasteiger partial charge in [0.1, 0.15) is 15.4 Å². The summed E-state index contributed by atoms with van der Waals surface area (Å²) in [5.41, 5.74) is 0.284. The van der Waals surface area contributed by atoms with E-state index < -0.39 is 5.97 Å². The van der Waals surface area contributed by atoms with Gasteiger partial charge in [-0.15, -0.1) is 11.3 Å². The molecule has 17 heavy (non-hydrogen) atoms. The maximum absolute atomic E-state index is 11.7. The van der Waals surface area contributed by atoms with E-state index in [2.05, 4.69) is 9.98 Å². The first-order valence-electron chi connectivity index (χ1n) is 4.90. The second-order valence-corrected chi connectivity index (χ2v) is 4.06. The largest absolute Gasteiger partial charge is 0.462 e. The number of nitrogens with zero attached hydrogens (tertiary/aromatic N) is 2. The van der Waals surface area contributed by atoms with E-state index in [0.717, 1.165) is 11.3 Å². The van der Waals surface area contributed by atoms with Gasteiger partial charge in [0.15, 0.2) is 0 Å². The summed E-state index contributed by atoms with van der Waals surface area (Å²) in [5, 5.41) is 0.656. The number of rotatable bonds is 3. The Balaban J connectivity index is 2.65. The molecule has 2 aromatic heterocycles. The molecule has 5 nitrogen and oxygen atoms in total. The highest BCUT2D eigenvalue weighted by Crippen LogP contribution is 2.36. The van der Waals surface area contributed by atoms with E-state index in [1.807, 2.05) is 0 Å². The smallest absolute Gasteiger partial charge is 0.350 e. The molecule has 0 aliphatic carbocycles. The summed E-state index contributed by atoms with van der Waals surface area (Å²) in [7, 11) is 0. The molecule has 0 spiro atoms. The monoisotopic (exact) mass is 248 g/mol.